The summed E-state index contributed by atoms with van der Waals surface area (Å²) in [6.45, 7) is 1.68. The van der Waals surface area contributed by atoms with Gasteiger partial charge in [0.05, 0.1) is 46.2 Å². The summed E-state index contributed by atoms with van der Waals surface area (Å²) in [5.74, 6) is -3.07. The van der Waals surface area contributed by atoms with Gasteiger partial charge < -0.3 is 34.5 Å². The molecule has 276 valence electrons. The van der Waals surface area contributed by atoms with Gasteiger partial charge in [0.25, 0.3) is 35.4 Å². The van der Waals surface area contributed by atoms with Crippen LogP contribution in [0.4, 0.5) is 0 Å². The first-order chi connectivity index (χ1) is 24.0. The van der Waals surface area contributed by atoms with Crippen molar-refractivity contribution >= 4 is 41.4 Å². The molecule has 0 aromatic carbocycles. The van der Waals surface area contributed by atoms with Crippen molar-refractivity contribution in [1.29, 1.82) is 0 Å². The number of nitrogens with one attached hydrogen (secondary N) is 1. The Bertz CT molecular complexity index is 1140. The number of aliphatic hydroxyl groups is 2. The predicted molar refractivity (Wildman–Crippen MR) is 172 cm³/mol. The molecule has 17 nitrogen and oxygen atoms in total. The minimum atomic E-state index is -1.41. The van der Waals surface area contributed by atoms with Crippen LogP contribution in [0.3, 0.4) is 0 Å². The van der Waals surface area contributed by atoms with E-state index in [2.05, 4.69) is 5.32 Å². The Labute approximate surface area is 289 Å². The number of hydrogen-bond donors (Lipinski definition) is 3. The molecule has 50 heavy (non-hydrogen) atoms. The molecule has 3 N–H and O–H groups in total. The topological polar surface area (TPSA) is 219 Å². The number of amides is 7. The molecule has 0 atom stereocenters. The Morgan fingerprint density at radius 2 is 0.880 bits per heavy atom. The lowest BCUT2D eigenvalue weighted by Crippen LogP contribution is -2.51. The third-order valence-corrected chi connectivity index (χ3v) is 8.09. The lowest BCUT2D eigenvalue weighted by Gasteiger charge is -2.36. The van der Waals surface area contributed by atoms with Gasteiger partial charge in [-0.2, -0.15) is 0 Å². The molecular weight excluding hydrogens is 660 g/mol. The molecule has 17 heteroatoms. The van der Waals surface area contributed by atoms with Crippen molar-refractivity contribution in [3.8, 4) is 0 Å². The van der Waals surface area contributed by atoms with Crippen LogP contribution in [0, 0.1) is 0 Å². The van der Waals surface area contributed by atoms with Crippen LogP contribution in [0.1, 0.15) is 44.9 Å². The van der Waals surface area contributed by atoms with Crippen molar-refractivity contribution in [2.75, 3.05) is 72.5 Å². The zero-order valence-electron chi connectivity index (χ0n) is 28.0. The highest BCUT2D eigenvalue weighted by molar-refractivity contribution is 6.14. The maximum absolute atomic E-state index is 13.2. The van der Waals surface area contributed by atoms with Gasteiger partial charge in [-0.15, -0.1) is 0 Å². The minimum Gasteiger partial charge on any atom is -0.379 e. The van der Waals surface area contributed by atoms with Crippen LogP contribution < -0.4 is 5.32 Å². The van der Waals surface area contributed by atoms with Gasteiger partial charge in [-0.3, -0.25) is 48.3 Å². The van der Waals surface area contributed by atoms with E-state index in [1.807, 2.05) is 0 Å². The Morgan fingerprint density at radius 1 is 0.560 bits per heavy atom. The standard InChI is InChI=1S/C33H46N4O13/c38-25(24-50-23-22-49-21-20-48-19-18-47-17-10-32(45)46)34-33(11-1-14-35-26(39)4-5-27(35)40,12-2-15-36-28(41)6-7-29(36)42)13-3-16-37-30(43)8-9-31(37)44/h4-9,32,45-46H,1-3,10-24H2,(H,34,38). The van der Waals surface area contributed by atoms with Crippen molar-refractivity contribution in [3.05, 3.63) is 36.5 Å². The Hall–Kier alpha value is -4.13. The van der Waals surface area contributed by atoms with Crippen molar-refractivity contribution in [3.63, 3.8) is 0 Å². The van der Waals surface area contributed by atoms with E-state index in [4.69, 9.17) is 29.2 Å². The molecule has 3 heterocycles. The molecule has 0 aromatic heterocycles. The molecule has 3 rings (SSSR count). The third-order valence-electron chi connectivity index (χ3n) is 8.09. The fraction of sp³-hybridized carbons (Fsp3) is 0.606. The van der Waals surface area contributed by atoms with Crippen molar-refractivity contribution < 1.29 is 62.7 Å². The zero-order chi connectivity index (χ0) is 36.4. The van der Waals surface area contributed by atoms with Crippen LogP contribution in [0.15, 0.2) is 36.5 Å². The summed E-state index contributed by atoms with van der Waals surface area (Å²) in [4.78, 5) is 89.3. The van der Waals surface area contributed by atoms with Crippen LogP contribution in [0.25, 0.3) is 0 Å². The molecule has 0 saturated heterocycles. The summed E-state index contributed by atoms with van der Waals surface area (Å²) in [6, 6.07) is 0. The Kier molecular flexibility index (Phi) is 17.1. The zero-order valence-corrected chi connectivity index (χ0v) is 28.0. The number of carbonyl (C=O) groups is 7. The van der Waals surface area contributed by atoms with Crippen LogP contribution in [-0.4, -0.2) is 151 Å². The molecule has 3 aliphatic heterocycles. The monoisotopic (exact) mass is 706 g/mol. The normalized spacial score (nSPS) is 16.1. The van der Waals surface area contributed by atoms with E-state index < -0.39 is 53.2 Å². The fourth-order valence-corrected chi connectivity index (χ4v) is 5.59. The highest BCUT2D eigenvalue weighted by Gasteiger charge is 2.34. The van der Waals surface area contributed by atoms with Gasteiger partial charge in [0.2, 0.25) is 5.91 Å². The summed E-state index contributed by atoms with van der Waals surface area (Å²) < 4.78 is 21.5. The second kappa shape index (κ2) is 21.2. The van der Waals surface area contributed by atoms with Gasteiger partial charge in [-0.25, -0.2) is 0 Å². The van der Waals surface area contributed by atoms with E-state index in [9.17, 15) is 33.6 Å². The molecule has 0 fully saturated rings. The number of ether oxygens (including phenoxy) is 4. The first kappa shape index (κ1) is 40.3. The molecule has 0 aliphatic carbocycles. The minimum absolute atomic E-state index is 0.0980. The summed E-state index contributed by atoms with van der Waals surface area (Å²) in [7, 11) is 0. The number of nitrogens with zero attached hydrogens (tertiary/aromatic N) is 3. The first-order valence-corrected chi connectivity index (χ1v) is 16.6. The van der Waals surface area contributed by atoms with Crippen molar-refractivity contribution in [2.24, 2.45) is 0 Å². The molecular formula is C33H46N4O13. The van der Waals surface area contributed by atoms with E-state index in [0.29, 0.717) is 58.3 Å². The van der Waals surface area contributed by atoms with E-state index in [0.717, 1.165) is 14.7 Å². The number of hydrogen-bond acceptors (Lipinski definition) is 13. The summed E-state index contributed by atoms with van der Waals surface area (Å²) in [5.41, 5.74) is -0.965. The van der Waals surface area contributed by atoms with Gasteiger partial charge in [-0.05, 0) is 38.5 Å². The first-order valence-electron chi connectivity index (χ1n) is 16.6. The fourth-order valence-electron chi connectivity index (χ4n) is 5.59. The Balaban J connectivity index is 1.53. The highest BCUT2D eigenvalue weighted by atomic mass is 16.6. The van der Waals surface area contributed by atoms with Crippen LogP contribution in [0.2, 0.25) is 0 Å². The molecule has 0 saturated carbocycles. The van der Waals surface area contributed by atoms with Gasteiger partial charge in [-0.1, -0.05) is 0 Å². The Morgan fingerprint density at radius 3 is 1.22 bits per heavy atom. The lowest BCUT2D eigenvalue weighted by atomic mass is 9.83. The largest absolute Gasteiger partial charge is 0.379 e. The van der Waals surface area contributed by atoms with Crippen molar-refractivity contribution in [1.82, 2.24) is 20.0 Å². The van der Waals surface area contributed by atoms with E-state index in [1.54, 1.807) is 0 Å². The molecule has 0 aromatic rings. The van der Waals surface area contributed by atoms with Crippen LogP contribution >= 0.6 is 0 Å². The number of imide groups is 3. The molecule has 3 aliphatic rings. The molecule has 0 unspecified atom stereocenters. The highest BCUT2D eigenvalue weighted by Crippen LogP contribution is 2.28. The predicted octanol–water partition coefficient (Wildman–Crippen LogP) is -1.28. The van der Waals surface area contributed by atoms with Gasteiger partial charge in [0, 0.05) is 68.1 Å². The summed E-state index contributed by atoms with van der Waals surface area (Å²) >= 11 is 0. The lowest BCUT2D eigenvalue weighted by molar-refractivity contribution is -0.138. The maximum atomic E-state index is 13.2. The molecule has 0 spiro atoms. The van der Waals surface area contributed by atoms with Crippen LogP contribution in [-0.2, 0) is 52.5 Å². The third kappa shape index (κ3) is 13.6. The van der Waals surface area contributed by atoms with E-state index >= 15 is 0 Å². The SMILES string of the molecule is O=C(COCCOCCOCCOCCC(O)O)NC(CCCN1C(=O)C=CC1=O)(CCCN1C(=O)C=CC1=O)CCCN1C(=O)C=CC1=O. The number of rotatable bonds is 27. The second-order valence-corrected chi connectivity index (χ2v) is 11.8. The van der Waals surface area contributed by atoms with Gasteiger partial charge >= 0.3 is 0 Å². The number of carbonyl (C=O) groups excluding carboxylic acids is 7. The molecule has 0 bridgehead atoms. The van der Waals surface area contributed by atoms with Crippen LogP contribution in [0.5, 0.6) is 0 Å². The molecule has 7 amide bonds. The summed E-state index contributed by atoms with van der Waals surface area (Å²) in [5, 5.41) is 20.6. The quantitative estimate of drug-likeness (QED) is 0.0516. The molecule has 0 radical (unpaired) electrons. The summed E-state index contributed by atoms with van der Waals surface area (Å²) in [6.07, 6.45) is 7.69. The van der Waals surface area contributed by atoms with Gasteiger partial charge in [0.15, 0.2) is 6.29 Å². The van der Waals surface area contributed by atoms with E-state index in [-0.39, 0.29) is 59.1 Å². The van der Waals surface area contributed by atoms with Gasteiger partial charge in [0.1, 0.15) is 6.61 Å². The smallest absolute Gasteiger partial charge is 0.253 e. The van der Waals surface area contributed by atoms with Crippen molar-refractivity contribution in [2.45, 2.75) is 56.8 Å². The number of aliphatic hydroxyl groups excluding tert-OH is 1. The van der Waals surface area contributed by atoms with E-state index in [1.165, 1.54) is 36.5 Å². The average Bonchev–Trinajstić information content (AvgIpc) is 3.69. The second-order valence-electron chi connectivity index (χ2n) is 11.8. The maximum Gasteiger partial charge on any atom is 0.253 e. The average molecular weight is 707 g/mol.